The average Bonchev–Trinajstić information content (AvgIpc) is 3.28. The number of likely N-dealkylation sites (tertiary alicyclic amines) is 1. The number of piperidine rings is 1. The Labute approximate surface area is 182 Å². The molecule has 1 aliphatic heterocycles. The maximum absolute atomic E-state index is 12.9. The molecule has 1 atom stereocenters. The molecule has 1 fully saturated rings. The van der Waals surface area contributed by atoms with E-state index in [9.17, 15) is 4.79 Å². The summed E-state index contributed by atoms with van der Waals surface area (Å²) in [5.74, 6) is 3.39. The molecule has 0 aliphatic carbocycles. The molecule has 6 nitrogen and oxygen atoms in total. The van der Waals surface area contributed by atoms with Crippen LogP contribution in [0.15, 0.2) is 59.1 Å². The number of amides is 1. The normalized spacial score (nSPS) is 16.2. The first-order chi connectivity index (χ1) is 15.1. The van der Waals surface area contributed by atoms with Crippen molar-refractivity contribution in [1.29, 1.82) is 0 Å². The predicted octanol–water partition coefficient (Wildman–Crippen LogP) is 4.23. The monoisotopic (exact) mass is 420 g/mol. The number of benzene rings is 2. The van der Waals surface area contributed by atoms with Crippen molar-refractivity contribution in [3.05, 3.63) is 77.5 Å². The van der Waals surface area contributed by atoms with Crippen LogP contribution in [0, 0.1) is 0 Å². The number of hydrogen-bond donors (Lipinski definition) is 0. The lowest BCUT2D eigenvalue weighted by Crippen LogP contribution is -2.40. The number of carbonyl (C=O) groups is 1. The van der Waals surface area contributed by atoms with Crippen LogP contribution in [0.3, 0.4) is 0 Å². The minimum absolute atomic E-state index is 0.126. The van der Waals surface area contributed by atoms with Crippen LogP contribution in [-0.4, -0.2) is 43.1 Å². The van der Waals surface area contributed by atoms with Crippen molar-refractivity contribution in [1.82, 2.24) is 9.88 Å². The van der Waals surface area contributed by atoms with Gasteiger partial charge in [-0.05, 0) is 48.2 Å². The molecule has 0 saturated carbocycles. The number of ether oxygens (including phenoxy) is 2. The number of oxazole rings is 1. The third-order valence-corrected chi connectivity index (χ3v) is 5.70. The van der Waals surface area contributed by atoms with Crippen LogP contribution in [0.5, 0.6) is 11.5 Å². The number of methoxy groups -OCH3 is 2. The Morgan fingerprint density at radius 1 is 1.10 bits per heavy atom. The molecule has 2 aromatic carbocycles. The summed E-state index contributed by atoms with van der Waals surface area (Å²) in [5.41, 5.74) is 2.07. The van der Waals surface area contributed by atoms with Crippen molar-refractivity contribution < 1.29 is 18.7 Å². The van der Waals surface area contributed by atoms with Gasteiger partial charge in [-0.25, -0.2) is 4.98 Å². The highest BCUT2D eigenvalue weighted by atomic mass is 16.5. The molecule has 4 rings (SSSR count). The second-order valence-corrected chi connectivity index (χ2v) is 7.90. The third kappa shape index (κ3) is 5.26. The van der Waals surface area contributed by atoms with E-state index in [1.807, 2.05) is 53.4 Å². The predicted molar refractivity (Wildman–Crippen MR) is 118 cm³/mol. The molecule has 1 aliphatic rings. The highest BCUT2D eigenvalue weighted by Crippen LogP contribution is 2.28. The molecule has 1 amide bonds. The SMILES string of the molecule is COc1cccc(CC(=O)N2CCC[C@@H](c3ncc(Cc4cccc(OC)c4)o3)C2)c1. The zero-order valence-electron chi connectivity index (χ0n) is 18.0. The lowest BCUT2D eigenvalue weighted by Gasteiger charge is -2.31. The molecular formula is C25H28N2O4. The van der Waals surface area contributed by atoms with E-state index in [1.54, 1.807) is 20.4 Å². The van der Waals surface area contributed by atoms with Gasteiger partial charge in [-0.2, -0.15) is 0 Å². The van der Waals surface area contributed by atoms with Gasteiger partial charge in [0.25, 0.3) is 0 Å². The van der Waals surface area contributed by atoms with Gasteiger partial charge in [-0.15, -0.1) is 0 Å². The fourth-order valence-corrected chi connectivity index (χ4v) is 4.05. The summed E-state index contributed by atoms with van der Waals surface area (Å²) in [6.45, 7) is 1.42. The molecule has 1 saturated heterocycles. The summed E-state index contributed by atoms with van der Waals surface area (Å²) in [4.78, 5) is 19.3. The Hall–Kier alpha value is -3.28. The number of carbonyl (C=O) groups excluding carboxylic acids is 1. The van der Waals surface area contributed by atoms with E-state index in [4.69, 9.17) is 13.9 Å². The van der Waals surface area contributed by atoms with Gasteiger partial charge in [0.05, 0.1) is 32.8 Å². The van der Waals surface area contributed by atoms with Crippen molar-refractivity contribution in [2.45, 2.75) is 31.6 Å². The van der Waals surface area contributed by atoms with E-state index >= 15 is 0 Å². The Morgan fingerprint density at radius 3 is 2.55 bits per heavy atom. The lowest BCUT2D eigenvalue weighted by molar-refractivity contribution is -0.131. The van der Waals surface area contributed by atoms with E-state index in [1.165, 1.54) is 0 Å². The van der Waals surface area contributed by atoms with Crippen molar-refractivity contribution in [2.24, 2.45) is 0 Å². The first kappa shape index (κ1) is 21.0. The van der Waals surface area contributed by atoms with Crippen LogP contribution in [0.4, 0.5) is 0 Å². The largest absolute Gasteiger partial charge is 0.497 e. The fourth-order valence-electron chi connectivity index (χ4n) is 4.05. The summed E-state index contributed by atoms with van der Waals surface area (Å²) in [5, 5.41) is 0. The van der Waals surface area contributed by atoms with E-state index in [0.29, 0.717) is 19.4 Å². The lowest BCUT2D eigenvalue weighted by atomic mass is 9.97. The summed E-state index contributed by atoms with van der Waals surface area (Å²) in [6, 6.07) is 15.6. The minimum atomic E-state index is 0.126. The first-order valence-corrected chi connectivity index (χ1v) is 10.6. The van der Waals surface area contributed by atoms with Gasteiger partial charge in [0.2, 0.25) is 5.91 Å². The Balaban J connectivity index is 1.38. The Kier molecular flexibility index (Phi) is 6.55. The topological polar surface area (TPSA) is 64.8 Å². The van der Waals surface area contributed by atoms with Crippen LogP contribution in [0.25, 0.3) is 0 Å². The molecule has 0 unspecified atom stereocenters. The molecule has 0 radical (unpaired) electrons. The quantitative estimate of drug-likeness (QED) is 0.572. The summed E-state index contributed by atoms with van der Waals surface area (Å²) in [7, 11) is 3.30. The Bertz CT molecular complexity index is 1030. The summed E-state index contributed by atoms with van der Waals surface area (Å²) >= 11 is 0. The van der Waals surface area contributed by atoms with Gasteiger partial charge in [-0.1, -0.05) is 24.3 Å². The molecule has 6 heteroatoms. The first-order valence-electron chi connectivity index (χ1n) is 10.6. The summed E-state index contributed by atoms with van der Waals surface area (Å²) in [6.07, 6.45) is 4.75. The molecule has 0 spiro atoms. The Morgan fingerprint density at radius 2 is 1.81 bits per heavy atom. The molecular weight excluding hydrogens is 392 g/mol. The van der Waals surface area contributed by atoms with Crippen molar-refractivity contribution in [2.75, 3.05) is 27.3 Å². The summed E-state index contributed by atoms with van der Waals surface area (Å²) < 4.78 is 16.6. The minimum Gasteiger partial charge on any atom is -0.497 e. The maximum Gasteiger partial charge on any atom is 0.227 e. The van der Waals surface area contributed by atoms with Gasteiger partial charge in [0.1, 0.15) is 17.3 Å². The van der Waals surface area contributed by atoms with E-state index in [0.717, 1.165) is 53.7 Å². The molecule has 0 bridgehead atoms. The fraction of sp³-hybridized carbons (Fsp3) is 0.360. The van der Waals surface area contributed by atoms with Gasteiger partial charge < -0.3 is 18.8 Å². The zero-order chi connectivity index (χ0) is 21.6. The van der Waals surface area contributed by atoms with Gasteiger partial charge in [0, 0.05) is 19.5 Å². The van der Waals surface area contributed by atoms with Crippen molar-refractivity contribution >= 4 is 5.91 Å². The van der Waals surface area contributed by atoms with Crippen molar-refractivity contribution in [3.8, 4) is 11.5 Å². The van der Waals surface area contributed by atoms with Crippen LogP contribution < -0.4 is 9.47 Å². The second kappa shape index (κ2) is 9.69. The number of aromatic nitrogens is 1. The molecule has 162 valence electrons. The molecule has 0 N–H and O–H groups in total. The number of rotatable bonds is 7. The second-order valence-electron chi connectivity index (χ2n) is 7.90. The van der Waals surface area contributed by atoms with Crippen molar-refractivity contribution in [3.63, 3.8) is 0 Å². The van der Waals surface area contributed by atoms with Gasteiger partial charge >= 0.3 is 0 Å². The van der Waals surface area contributed by atoms with Gasteiger partial charge in [-0.3, -0.25) is 4.79 Å². The zero-order valence-corrected chi connectivity index (χ0v) is 18.0. The van der Waals surface area contributed by atoms with Gasteiger partial charge in [0.15, 0.2) is 5.89 Å². The van der Waals surface area contributed by atoms with Crippen LogP contribution in [0.2, 0.25) is 0 Å². The number of hydrogen-bond acceptors (Lipinski definition) is 5. The third-order valence-electron chi connectivity index (χ3n) is 5.70. The van der Waals surface area contributed by atoms with E-state index in [2.05, 4.69) is 4.98 Å². The molecule has 3 aromatic rings. The van der Waals surface area contributed by atoms with E-state index < -0.39 is 0 Å². The van der Waals surface area contributed by atoms with Crippen LogP contribution in [0.1, 0.15) is 41.5 Å². The van der Waals surface area contributed by atoms with Crippen LogP contribution in [-0.2, 0) is 17.6 Å². The maximum atomic E-state index is 12.9. The highest BCUT2D eigenvalue weighted by molar-refractivity contribution is 5.79. The molecule has 1 aromatic heterocycles. The number of nitrogens with zero attached hydrogens (tertiary/aromatic N) is 2. The highest BCUT2D eigenvalue weighted by Gasteiger charge is 2.28. The average molecular weight is 421 g/mol. The molecule has 2 heterocycles. The van der Waals surface area contributed by atoms with Crippen LogP contribution >= 0.6 is 0 Å². The van der Waals surface area contributed by atoms with E-state index in [-0.39, 0.29) is 11.8 Å². The smallest absolute Gasteiger partial charge is 0.227 e. The standard InChI is InChI=1S/C25H28N2O4/c1-29-21-9-3-6-18(12-21)14-23-16-26-25(31-23)20-8-5-11-27(17-20)24(28)15-19-7-4-10-22(13-19)30-2/h3-4,6-7,9-10,12-13,16,20H,5,8,11,14-15,17H2,1-2H3/t20-/m1/s1. The molecule has 31 heavy (non-hydrogen) atoms.